The Bertz CT molecular complexity index is 114. The van der Waals surface area contributed by atoms with Gasteiger partial charge in [0.25, 0.3) is 0 Å². The van der Waals surface area contributed by atoms with E-state index in [0.717, 1.165) is 19.0 Å². The van der Waals surface area contributed by atoms with Crippen LogP contribution in [0.1, 0.15) is 32.6 Å². The Kier molecular flexibility index (Phi) is 4.62. The summed E-state index contributed by atoms with van der Waals surface area (Å²) in [6.45, 7) is 6.76. The SMILES string of the molecule is CCC1CCCN(CCN)CC1. The molecule has 0 bridgehead atoms. The van der Waals surface area contributed by atoms with Crippen molar-refractivity contribution in [1.82, 2.24) is 4.90 Å². The number of nitrogens with zero attached hydrogens (tertiary/aromatic N) is 1. The van der Waals surface area contributed by atoms with Crippen LogP contribution < -0.4 is 5.73 Å². The van der Waals surface area contributed by atoms with Crippen LogP contribution in [0.15, 0.2) is 0 Å². The van der Waals surface area contributed by atoms with Gasteiger partial charge >= 0.3 is 0 Å². The number of hydrogen-bond donors (Lipinski definition) is 1. The maximum absolute atomic E-state index is 5.54. The van der Waals surface area contributed by atoms with E-state index in [-0.39, 0.29) is 0 Å². The van der Waals surface area contributed by atoms with Crippen molar-refractivity contribution in [2.75, 3.05) is 26.2 Å². The van der Waals surface area contributed by atoms with Gasteiger partial charge in [-0.2, -0.15) is 0 Å². The predicted octanol–water partition coefficient (Wildman–Crippen LogP) is 1.46. The van der Waals surface area contributed by atoms with Crippen LogP contribution in [-0.4, -0.2) is 31.1 Å². The third-order valence-electron chi connectivity index (χ3n) is 2.96. The van der Waals surface area contributed by atoms with Crippen molar-refractivity contribution in [1.29, 1.82) is 0 Å². The molecule has 2 nitrogen and oxygen atoms in total. The lowest BCUT2D eigenvalue weighted by atomic mass is 9.98. The molecular weight excluding hydrogens is 148 g/mol. The van der Waals surface area contributed by atoms with Gasteiger partial charge in [-0.1, -0.05) is 13.3 Å². The van der Waals surface area contributed by atoms with Crippen molar-refractivity contribution in [3.05, 3.63) is 0 Å². The lowest BCUT2D eigenvalue weighted by molar-refractivity contribution is 0.288. The first-order valence-corrected chi connectivity index (χ1v) is 5.29. The van der Waals surface area contributed by atoms with E-state index in [1.54, 1.807) is 0 Å². The molecule has 2 N–H and O–H groups in total. The Labute approximate surface area is 76.1 Å². The molecule has 1 fully saturated rings. The van der Waals surface area contributed by atoms with Crippen molar-refractivity contribution in [2.45, 2.75) is 32.6 Å². The highest BCUT2D eigenvalue weighted by molar-refractivity contribution is 4.69. The summed E-state index contributed by atoms with van der Waals surface area (Å²) in [5.74, 6) is 0.979. The molecule has 0 aliphatic carbocycles. The van der Waals surface area contributed by atoms with Gasteiger partial charge in [0.1, 0.15) is 0 Å². The fourth-order valence-electron chi connectivity index (χ4n) is 2.04. The first-order valence-electron chi connectivity index (χ1n) is 5.29. The molecule has 0 amide bonds. The monoisotopic (exact) mass is 170 g/mol. The normalized spacial score (nSPS) is 27.0. The van der Waals surface area contributed by atoms with Gasteiger partial charge in [-0.3, -0.25) is 0 Å². The minimum Gasteiger partial charge on any atom is -0.329 e. The predicted molar refractivity (Wildman–Crippen MR) is 53.1 cm³/mol. The summed E-state index contributed by atoms with van der Waals surface area (Å²) in [6.07, 6.45) is 5.54. The van der Waals surface area contributed by atoms with Crippen LogP contribution in [-0.2, 0) is 0 Å². The standard InChI is InChI=1S/C10H22N2/c1-2-10-4-3-7-12(8-5-10)9-6-11/h10H,2-9,11H2,1H3. The fourth-order valence-corrected chi connectivity index (χ4v) is 2.04. The molecule has 0 radical (unpaired) electrons. The summed E-state index contributed by atoms with van der Waals surface area (Å²) in [5, 5.41) is 0. The molecule has 0 aromatic rings. The van der Waals surface area contributed by atoms with Crippen molar-refractivity contribution < 1.29 is 0 Å². The molecular formula is C10H22N2. The maximum Gasteiger partial charge on any atom is 0.0105 e. The van der Waals surface area contributed by atoms with Gasteiger partial charge in [0.15, 0.2) is 0 Å². The molecule has 1 aliphatic rings. The lowest BCUT2D eigenvalue weighted by Crippen LogP contribution is -2.30. The zero-order chi connectivity index (χ0) is 8.81. The number of likely N-dealkylation sites (tertiary alicyclic amines) is 1. The van der Waals surface area contributed by atoms with Gasteiger partial charge in [-0.25, -0.2) is 0 Å². The molecule has 12 heavy (non-hydrogen) atoms. The fraction of sp³-hybridized carbons (Fsp3) is 1.00. The summed E-state index contributed by atoms with van der Waals surface area (Å²) < 4.78 is 0. The average Bonchev–Trinajstić information content (AvgIpc) is 2.31. The molecule has 1 unspecified atom stereocenters. The second-order valence-electron chi connectivity index (χ2n) is 3.84. The highest BCUT2D eigenvalue weighted by Crippen LogP contribution is 2.19. The van der Waals surface area contributed by atoms with E-state index in [0.29, 0.717) is 0 Å². The topological polar surface area (TPSA) is 29.3 Å². The lowest BCUT2D eigenvalue weighted by Gasteiger charge is -2.18. The van der Waals surface area contributed by atoms with Crippen LogP contribution in [0.3, 0.4) is 0 Å². The molecule has 2 heteroatoms. The van der Waals surface area contributed by atoms with Gasteiger partial charge in [-0.05, 0) is 38.3 Å². The van der Waals surface area contributed by atoms with Crippen LogP contribution in [0.5, 0.6) is 0 Å². The van der Waals surface area contributed by atoms with E-state index in [9.17, 15) is 0 Å². The summed E-state index contributed by atoms with van der Waals surface area (Å²) in [4.78, 5) is 2.51. The number of nitrogens with two attached hydrogens (primary N) is 1. The Hall–Kier alpha value is -0.0800. The average molecular weight is 170 g/mol. The first-order chi connectivity index (χ1) is 5.86. The molecule has 1 rings (SSSR count). The Morgan fingerprint density at radius 2 is 2.17 bits per heavy atom. The number of rotatable bonds is 3. The second kappa shape index (κ2) is 5.55. The van der Waals surface area contributed by atoms with Crippen LogP contribution >= 0.6 is 0 Å². The smallest absolute Gasteiger partial charge is 0.0105 e. The van der Waals surface area contributed by atoms with Crippen molar-refractivity contribution >= 4 is 0 Å². The molecule has 1 heterocycles. The summed E-state index contributed by atoms with van der Waals surface area (Å²) in [6, 6.07) is 0. The van der Waals surface area contributed by atoms with Gasteiger partial charge in [-0.15, -0.1) is 0 Å². The summed E-state index contributed by atoms with van der Waals surface area (Å²) >= 11 is 0. The Morgan fingerprint density at radius 1 is 1.33 bits per heavy atom. The quantitative estimate of drug-likeness (QED) is 0.695. The molecule has 72 valence electrons. The van der Waals surface area contributed by atoms with Crippen molar-refractivity contribution in [3.63, 3.8) is 0 Å². The molecule has 0 spiro atoms. The minimum absolute atomic E-state index is 0.816. The van der Waals surface area contributed by atoms with E-state index < -0.39 is 0 Å². The van der Waals surface area contributed by atoms with Crippen LogP contribution in [0.2, 0.25) is 0 Å². The highest BCUT2D eigenvalue weighted by atomic mass is 15.1. The van der Waals surface area contributed by atoms with Crippen LogP contribution in [0.4, 0.5) is 0 Å². The zero-order valence-electron chi connectivity index (χ0n) is 8.26. The molecule has 1 aliphatic heterocycles. The third kappa shape index (κ3) is 3.11. The molecule has 1 saturated heterocycles. The number of hydrogen-bond acceptors (Lipinski definition) is 2. The summed E-state index contributed by atoms with van der Waals surface area (Å²) in [5.41, 5.74) is 5.54. The Morgan fingerprint density at radius 3 is 2.83 bits per heavy atom. The molecule has 0 aromatic heterocycles. The first kappa shape index (κ1) is 10.0. The van der Waals surface area contributed by atoms with Crippen molar-refractivity contribution in [2.24, 2.45) is 11.7 Å². The summed E-state index contributed by atoms with van der Waals surface area (Å²) in [7, 11) is 0. The second-order valence-corrected chi connectivity index (χ2v) is 3.84. The molecule has 1 atom stereocenters. The van der Waals surface area contributed by atoms with Crippen LogP contribution in [0.25, 0.3) is 0 Å². The van der Waals surface area contributed by atoms with E-state index in [1.165, 1.54) is 38.8 Å². The molecule has 0 saturated carbocycles. The van der Waals surface area contributed by atoms with E-state index in [1.807, 2.05) is 0 Å². The molecule has 0 aromatic carbocycles. The van der Waals surface area contributed by atoms with E-state index >= 15 is 0 Å². The van der Waals surface area contributed by atoms with Crippen molar-refractivity contribution in [3.8, 4) is 0 Å². The van der Waals surface area contributed by atoms with Gasteiger partial charge in [0.2, 0.25) is 0 Å². The van der Waals surface area contributed by atoms with Gasteiger partial charge < -0.3 is 10.6 Å². The zero-order valence-corrected chi connectivity index (χ0v) is 8.26. The minimum atomic E-state index is 0.816. The van der Waals surface area contributed by atoms with E-state index in [2.05, 4.69) is 11.8 Å². The third-order valence-corrected chi connectivity index (χ3v) is 2.96. The van der Waals surface area contributed by atoms with Gasteiger partial charge in [0, 0.05) is 13.1 Å². The Balaban J connectivity index is 2.24. The maximum atomic E-state index is 5.54. The van der Waals surface area contributed by atoms with Crippen LogP contribution in [0, 0.1) is 5.92 Å². The van der Waals surface area contributed by atoms with Gasteiger partial charge in [0.05, 0.1) is 0 Å². The van der Waals surface area contributed by atoms with E-state index in [4.69, 9.17) is 5.73 Å². The largest absolute Gasteiger partial charge is 0.329 e. The highest BCUT2D eigenvalue weighted by Gasteiger charge is 2.14.